The number of likely N-dealkylation sites (tertiary alicyclic amines) is 1. The van der Waals surface area contributed by atoms with Crippen LogP contribution in [0.25, 0.3) is 0 Å². The van der Waals surface area contributed by atoms with Crippen LogP contribution in [0.4, 0.5) is 0 Å². The van der Waals surface area contributed by atoms with E-state index in [0.29, 0.717) is 12.8 Å². The number of methoxy groups -OCH3 is 1. The van der Waals surface area contributed by atoms with Crippen LogP contribution in [0.5, 0.6) is 0 Å². The molecule has 0 N–H and O–H groups in total. The van der Waals surface area contributed by atoms with Crippen LogP contribution in [-0.4, -0.2) is 53.1 Å². The van der Waals surface area contributed by atoms with Gasteiger partial charge in [0.25, 0.3) is 0 Å². The molecule has 2 rings (SSSR count). The SMILES string of the molecule is CCOC(=O)C1=CC[C@@]2(Br)C[C@@H](C(=O)OC)N(C(C)=O)[C@@H]2O1. The molecular formula is C14H18BrNO6. The van der Waals surface area contributed by atoms with Gasteiger partial charge in [0.1, 0.15) is 6.04 Å². The van der Waals surface area contributed by atoms with E-state index in [4.69, 9.17) is 14.2 Å². The van der Waals surface area contributed by atoms with Crippen molar-refractivity contribution in [2.45, 2.75) is 43.3 Å². The summed E-state index contributed by atoms with van der Waals surface area (Å²) in [6, 6.07) is -0.748. The van der Waals surface area contributed by atoms with E-state index in [0.717, 1.165) is 0 Å². The minimum atomic E-state index is -0.765. The van der Waals surface area contributed by atoms with E-state index < -0.39 is 28.5 Å². The number of rotatable bonds is 3. The van der Waals surface area contributed by atoms with Gasteiger partial charge in [-0.1, -0.05) is 15.9 Å². The van der Waals surface area contributed by atoms with E-state index in [-0.39, 0.29) is 18.3 Å². The number of hydrogen-bond acceptors (Lipinski definition) is 6. The zero-order valence-electron chi connectivity index (χ0n) is 12.6. The average Bonchev–Trinajstić information content (AvgIpc) is 2.79. The van der Waals surface area contributed by atoms with Gasteiger partial charge in [-0.3, -0.25) is 9.69 Å². The van der Waals surface area contributed by atoms with Gasteiger partial charge in [0.2, 0.25) is 11.7 Å². The van der Waals surface area contributed by atoms with E-state index in [2.05, 4.69) is 15.9 Å². The predicted octanol–water partition coefficient (Wildman–Crippen LogP) is 1.11. The molecule has 1 amide bonds. The van der Waals surface area contributed by atoms with Gasteiger partial charge in [-0.2, -0.15) is 0 Å². The Labute approximate surface area is 136 Å². The number of esters is 2. The zero-order valence-corrected chi connectivity index (χ0v) is 14.2. The molecule has 22 heavy (non-hydrogen) atoms. The molecule has 0 aromatic carbocycles. The van der Waals surface area contributed by atoms with Crippen LogP contribution in [0.15, 0.2) is 11.8 Å². The van der Waals surface area contributed by atoms with Crippen molar-refractivity contribution in [1.29, 1.82) is 0 Å². The highest BCUT2D eigenvalue weighted by Crippen LogP contribution is 2.47. The number of nitrogens with zero attached hydrogens (tertiary/aromatic N) is 1. The van der Waals surface area contributed by atoms with Crippen LogP contribution < -0.4 is 0 Å². The Balaban J connectivity index is 2.29. The molecule has 0 aromatic rings. The Morgan fingerprint density at radius 2 is 2.18 bits per heavy atom. The summed E-state index contributed by atoms with van der Waals surface area (Å²) in [7, 11) is 1.27. The third kappa shape index (κ3) is 2.84. The molecule has 0 bridgehead atoms. The molecule has 3 atom stereocenters. The smallest absolute Gasteiger partial charge is 0.373 e. The first-order valence-electron chi connectivity index (χ1n) is 6.93. The summed E-state index contributed by atoms with van der Waals surface area (Å²) in [5.41, 5.74) is 0. The number of carbonyl (C=O) groups excluding carboxylic acids is 3. The molecule has 122 valence electrons. The van der Waals surface area contributed by atoms with E-state index in [1.54, 1.807) is 13.0 Å². The Morgan fingerprint density at radius 1 is 1.50 bits per heavy atom. The first-order valence-corrected chi connectivity index (χ1v) is 7.73. The molecule has 0 saturated carbocycles. The largest absolute Gasteiger partial charge is 0.467 e. The summed E-state index contributed by atoms with van der Waals surface area (Å²) in [5.74, 6) is -1.36. The summed E-state index contributed by atoms with van der Waals surface area (Å²) in [6.45, 7) is 3.27. The molecule has 0 aromatic heterocycles. The van der Waals surface area contributed by atoms with E-state index in [1.807, 2.05) is 0 Å². The lowest BCUT2D eigenvalue weighted by Gasteiger charge is -2.36. The molecule has 2 aliphatic heterocycles. The summed E-state index contributed by atoms with van der Waals surface area (Å²) >= 11 is 3.56. The fourth-order valence-electron chi connectivity index (χ4n) is 2.76. The molecule has 0 unspecified atom stereocenters. The zero-order chi connectivity index (χ0) is 16.5. The summed E-state index contributed by atoms with van der Waals surface area (Å²) < 4.78 is 14.7. The van der Waals surface area contributed by atoms with Crippen molar-refractivity contribution in [3.63, 3.8) is 0 Å². The molecule has 0 radical (unpaired) electrons. The average molecular weight is 376 g/mol. The number of ether oxygens (including phenoxy) is 3. The molecule has 1 saturated heterocycles. The van der Waals surface area contributed by atoms with Crippen molar-refractivity contribution < 1.29 is 28.6 Å². The highest BCUT2D eigenvalue weighted by atomic mass is 79.9. The first-order chi connectivity index (χ1) is 10.3. The van der Waals surface area contributed by atoms with Crippen molar-refractivity contribution in [3.05, 3.63) is 11.8 Å². The Kier molecular flexibility index (Phi) is 4.79. The molecular weight excluding hydrogens is 358 g/mol. The minimum absolute atomic E-state index is 0.0543. The summed E-state index contributed by atoms with van der Waals surface area (Å²) in [6.07, 6.45) is 1.62. The van der Waals surface area contributed by atoms with Crippen molar-refractivity contribution in [2.75, 3.05) is 13.7 Å². The standard InChI is InChI=1S/C14H18BrNO6/c1-4-21-12(19)10-5-6-14(15)7-9(11(18)20-3)16(8(2)17)13(14)22-10/h5,9,13H,4,6-7H2,1-3H3/t9-,13+,14+/m0/s1. The topological polar surface area (TPSA) is 82.1 Å². The van der Waals surface area contributed by atoms with Crippen molar-refractivity contribution in [2.24, 2.45) is 0 Å². The monoisotopic (exact) mass is 375 g/mol. The predicted molar refractivity (Wildman–Crippen MR) is 78.8 cm³/mol. The Bertz CT molecular complexity index is 533. The van der Waals surface area contributed by atoms with Gasteiger partial charge in [0.15, 0.2) is 6.23 Å². The molecule has 8 heteroatoms. The first kappa shape index (κ1) is 16.8. The number of alkyl halides is 1. The number of halogens is 1. The quantitative estimate of drug-likeness (QED) is 0.542. The van der Waals surface area contributed by atoms with Crippen LogP contribution in [-0.2, 0) is 28.6 Å². The lowest BCUT2D eigenvalue weighted by molar-refractivity contribution is -0.160. The molecule has 2 aliphatic rings. The van der Waals surface area contributed by atoms with Gasteiger partial charge < -0.3 is 14.2 Å². The van der Waals surface area contributed by atoms with Gasteiger partial charge in [-0.15, -0.1) is 0 Å². The molecule has 7 nitrogen and oxygen atoms in total. The normalized spacial score (nSPS) is 30.0. The number of carbonyl (C=O) groups is 3. The van der Waals surface area contributed by atoms with Gasteiger partial charge in [-0.05, 0) is 25.8 Å². The molecule has 0 spiro atoms. The van der Waals surface area contributed by atoms with Gasteiger partial charge in [0, 0.05) is 6.92 Å². The molecule has 0 aliphatic carbocycles. The fourth-order valence-corrected chi connectivity index (χ4v) is 3.54. The maximum atomic E-state index is 12.0. The number of allylic oxidation sites excluding steroid dienone is 1. The lowest BCUT2D eigenvalue weighted by Crippen LogP contribution is -2.49. The summed E-state index contributed by atoms with van der Waals surface area (Å²) in [4.78, 5) is 37.0. The minimum Gasteiger partial charge on any atom is -0.467 e. The second-order valence-electron chi connectivity index (χ2n) is 5.17. The van der Waals surface area contributed by atoms with E-state index in [9.17, 15) is 14.4 Å². The van der Waals surface area contributed by atoms with E-state index in [1.165, 1.54) is 18.9 Å². The fraction of sp³-hybridized carbons (Fsp3) is 0.643. The lowest BCUT2D eigenvalue weighted by atomic mass is 9.98. The maximum Gasteiger partial charge on any atom is 0.373 e. The molecule has 1 fully saturated rings. The van der Waals surface area contributed by atoms with Crippen LogP contribution in [0.2, 0.25) is 0 Å². The Hall–Kier alpha value is -1.57. The van der Waals surface area contributed by atoms with Crippen molar-refractivity contribution >= 4 is 33.8 Å². The maximum absolute atomic E-state index is 12.0. The highest BCUT2D eigenvalue weighted by Gasteiger charge is 2.58. The van der Waals surface area contributed by atoms with Crippen LogP contribution in [0, 0.1) is 0 Å². The third-order valence-electron chi connectivity index (χ3n) is 3.74. The van der Waals surface area contributed by atoms with Crippen LogP contribution >= 0.6 is 15.9 Å². The van der Waals surface area contributed by atoms with Gasteiger partial charge in [0.05, 0.1) is 18.0 Å². The van der Waals surface area contributed by atoms with Gasteiger partial charge in [-0.25, -0.2) is 9.59 Å². The van der Waals surface area contributed by atoms with Crippen molar-refractivity contribution in [3.8, 4) is 0 Å². The second-order valence-corrected chi connectivity index (χ2v) is 6.75. The van der Waals surface area contributed by atoms with Crippen molar-refractivity contribution in [1.82, 2.24) is 4.90 Å². The molecule has 2 heterocycles. The number of amides is 1. The van der Waals surface area contributed by atoms with Crippen LogP contribution in [0.3, 0.4) is 0 Å². The van der Waals surface area contributed by atoms with Gasteiger partial charge >= 0.3 is 11.9 Å². The number of fused-ring (bicyclic) bond motifs is 1. The second kappa shape index (κ2) is 6.28. The Morgan fingerprint density at radius 3 is 2.73 bits per heavy atom. The van der Waals surface area contributed by atoms with Crippen LogP contribution in [0.1, 0.15) is 26.7 Å². The highest BCUT2D eigenvalue weighted by molar-refractivity contribution is 9.10. The number of hydrogen-bond donors (Lipinski definition) is 0. The third-order valence-corrected chi connectivity index (χ3v) is 4.78. The van der Waals surface area contributed by atoms with E-state index >= 15 is 0 Å². The summed E-state index contributed by atoms with van der Waals surface area (Å²) in [5, 5.41) is 0.